The minimum atomic E-state index is 0.638. The van der Waals surface area contributed by atoms with E-state index in [1.54, 1.807) is 0 Å². The Kier molecular flexibility index (Phi) is 5.88. The van der Waals surface area contributed by atoms with Crippen molar-refractivity contribution in [3.8, 4) is 50.6 Å². The minimum absolute atomic E-state index is 0.638. The van der Waals surface area contributed by atoms with Gasteiger partial charge in [-0.2, -0.15) is 5.26 Å². The normalized spacial score (nSPS) is 11.5. The van der Waals surface area contributed by atoms with Gasteiger partial charge in [0, 0.05) is 21.5 Å². The summed E-state index contributed by atoms with van der Waals surface area (Å²) in [5, 5.41) is 14.4. The molecule has 0 saturated carbocycles. The first-order valence-electron chi connectivity index (χ1n) is 15.3. The van der Waals surface area contributed by atoms with Gasteiger partial charge >= 0.3 is 0 Å². The largest absolute Gasteiger partial charge is 0.456 e. The predicted molar refractivity (Wildman–Crippen MR) is 187 cm³/mol. The maximum Gasteiger partial charge on any atom is 0.135 e. The van der Waals surface area contributed by atoms with Crippen molar-refractivity contribution in [3.05, 3.63) is 157 Å². The maximum atomic E-state index is 10.1. The highest BCUT2D eigenvalue weighted by molar-refractivity contribution is 6.09. The van der Waals surface area contributed by atoms with E-state index in [-0.39, 0.29) is 0 Å². The van der Waals surface area contributed by atoms with Gasteiger partial charge in [0.15, 0.2) is 0 Å². The lowest BCUT2D eigenvalue weighted by Gasteiger charge is -2.19. The number of para-hydroxylation sites is 2. The summed E-state index contributed by atoms with van der Waals surface area (Å²) in [5.41, 5.74) is 12.5. The molecule has 0 amide bonds. The minimum Gasteiger partial charge on any atom is -0.456 e. The number of nitriles is 1. The second-order valence-electron chi connectivity index (χ2n) is 11.6. The Morgan fingerprint density at radius 2 is 0.870 bits per heavy atom. The molecule has 0 aliphatic heterocycles. The molecule has 0 atom stereocenters. The number of hydrogen-bond donors (Lipinski definition) is 0. The summed E-state index contributed by atoms with van der Waals surface area (Å²) in [6.07, 6.45) is 0. The molecule has 2 aromatic heterocycles. The molecule has 0 aliphatic rings. The third-order valence-corrected chi connectivity index (χ3v) is 8.93. The summed E-state index contributed by atoms with van der Waals surface area (Å²) < 4.78 is 12.4. The number of fused-ring (bicyclic) bond motifs is 6. The average Bonchev–Trinajstić information content (AvgIpc) is 3.69. The Morgan fingerprint density at radius 3 is 1.46 bits per heavy atom. The van der Waals surface area contributed by atoms with Crippen LogP contribution in [0.3, 0.4) is 0 Å². The molecule has 7 aromatic carbocycles. The van der Waals surface area contributed by atoms with Crippen LogP contribution in [0.1, 0.15) is 5.56 Å². The zero-order valence-electron chi connectivity index (χ0n) is 24.7. The zero-order valence-corrected chi connectivity index (χ0v) is 24.7. The molecule has 0 spiro atoms. The zero-order chi connectivity index (χ0) is 30.6. The standard InChI is InChI=1S/C43H25NO2/c44-26-30-12-4-5-13-32(30)31-24-35(28-18-20-41-37(22-28)33-14-6-8-16-39(33)45-41)43(27-10-2-1-3-11-27)36(25-31)29-19-21-42-38(23-29)34-15-7-9-17-40(34)46-42/h1-25H. The number of rotatable bonds is 4. The van der Waals surface area contributed by atoms with Crippen LogP contribution in [0.4, 0.5) is 0 Å². The average molecular weight is 588 g/mol. The van der Waals surface area contributed by atoms with Crippen molar-refractivity contribution in [1.29, 1.82) is 5.26 Å². The van der Waals surface area contributed by atoms with Gasteiger partial charge < -0.3 is 8.83 Å². The summed E-state index contributed by atoms with van der Waals surface area (Å²) in [6, 6.07) is 54.5. The molecular formula is C43H25NO2. The summed E-state index contributed by atoms with van der Waals surface area (Å²) in [7, 11) is 0. The molecule has 0 unspecified atom stereocenters. The number of benzene rings is 7. The highest BCUT2D eigenvalue weighted by Gasteiger charge is 2.20. The van der Waals surface area contributed by atoms with Gasteiger partial charge in [0.05, 0.1) is 11.6 Å². The van der Waals surface area contributed by atoms with Gasteiger partial charge in [-0.05, 0) is 99.1 Å². The fraction of sp³-hybridized carbons (Fsp3) is 0. The predicted octanol–water partition coefficient (Wildman–Crippen LogP) is 12.0. The Hall–Kier alpha value is -6.37. The van der Waals surface area contributed by atoms with E-state index in [0.717, 1.165) is 88.4 Å². The number of nitrogens with zero attached hydrogens (tertiary/aromatic N) is 1. The lowest BCUT2D eigenvalue weighted by molar-refractivity contribution is 0.668. The molecule has 0 N–H and O–H groups in total. The van der Waals surface area contributed by atoms with Crippen LogP contribution >= 0.6 is 0 Å². The molecule has 0 aliphatic carbocycles. The smallest absolute Gasteiger partial charge is 0.135 e. The monoisotopic (exact) mass is 587 g/mol. The fourth-order valence-corrected chi connectivity index (χ4v) is 6.79. The molecule has 0 saturated heterocycles. The van der Waals surface area contributed by atoms with Crippen LogP contribution in [0, 0.1) is 11.3 Å². The molecule has 214 valence electrons. The first-order chi connectivity index (χ1) is 22.7. The Morgan fingerprint density at radius 1 is 0.370 bits per heavy atom. The molecule has 0 bridgehead atoms. The molecule has 9 rings (SSSR count). The van der Waals surface area contributed by atoms with Crippen LogP contribution in [0.5, 0.6) is 0 Å². The van der Waals surface area contributed by atoms with Gasteiger partial charge in [0.2, 0.25) is 0 Å². The van der Waals surface area contributed by atoms with Gasteiger partial charge in [-0.3, -0.25) is 0 Å². The van der Waals surface area contributed by atoms with Crippen molar-refractivity contribution in [2.24, 2.45) is 0 Å². The van der Waals surface area contributed by atoms with Crippen LogP contribution in [0.2, 0.25) is 0 Å². The maximum absolute atomic E-state index is 10.1. The third kappa shape index (κ3) is 4.13. The number of furan rings is 2. The molecule has 0 radical (unpaired) electrons. The van der Waals surface area contributed by atoms with Gasteiger partial charge in [0.25, 0.3) is 0 Å². The molecule has 46 heavy (non-hydrogen) atoms. The fourth-order valence-electron chi connectivity index (χ4n) is 6.79. The molecule has 2 heterocycles. The van der Waals surface area contributed by atoms with Crippen LogP contribution in [-0.2, 0) is 0 Å². The Labute approximate surface area is 265 Å². The Balaban J connectivity index is 1.40. The first-order valence-corrected chi connectivity index (χ1v) is 15.3. The second-order valence-corrected chi connectivity index (χ2v) is 11.6. The van der Waals surface area contributed by atoms with E-state index in [1.165, 1.54) is 0 Å². The van der Waals surface area contributed by atoms with Crippen molar-refractivity contribution in [3.63, 3.8) is 0 Å². The summed E-state index contributed by atoms with van der Waals surface area (Å²) in [5.74, 6) is 0. The van der Waals surface area contributed by atoms with Crippen molar-refractivity contribution < 1.29 is 8.83 Å². The second kappa shape index (κ2) is 10.4. The van der Waals surface area contributed by atoms with Crippen molar-refractivity contribution in [1.82, 2.24) is 0 Å². The van der Waals surface area contributed by atoms with E-state index >= 15 is 0 Å². The highest BCUT2D eigenvalue weighted by atomic mass is 16.3. The van der Waals surface area contributed by atoms with E-state index in [9.17, 15) is 5.26 Å². The molecular weight excluding hydrogens is 562 g/mol. The molecule has 3 heteroatoms. The van der Waals surface area contributed by atoms with Gasteiger partial charge in [-0.15, -0.1) is 0 Å². The summed E-state index contributed by atoms with van der Waals surface area (Å²) >= 11 is 0. The lowest BCUT2D eigenvalue weighted by atomic mass is 9.83. The van der Waals surface area contributed by atoms with Crippen LogP contribution < -0.4 is 0 Å². The summed E-state index contributed by atoms with van der Waals surface area (Å²) in [6.45, 7) is 0. The van der Waals surface area contributed by atoms with E-state index in [4.69, 9.17) is 8.83 Å². The van der Waals surface area contributed by atoms with Gasteiger partial charge in [-0.1, -0.05) is 97.1 Å². The van der Waals surface area contributed by atoms with Crippen LogP contribution in [0.15, 0.2) is 160 Å². The van der Waals surface area contributed by atoms with E-state index in [0.29, 0.717) is 5.56 Å². The van der Waals surface area contributed by atoms with E-state index < -0.39 is 0 Å². The molecule has 3 nitrogen and oxygen atoms in total. The van der Waals surface area contributed by atoms with Crippen molar-refractivity contribution in [2.45, 2.75) is 0 Å². The number of hydrogen-bond acceptors (Lipinski definition) is 3. The van der Waals surface area contributed by atoms with Crippen molar-refractivity contribution in [2.75, 3.05) is 0 Å². The summed E-state index contributed by atoms with van der Waals surface area (Å²) in [4.78, 5) is 0. The topological polar surface area (TPSA) is 50.1 Å². The van der Waals surface area contributed by atoms with Crippen LogP contribution in [-0.4, -0.2) is 0 Å². The highest BCUT2D eigenvalue weighted by Crippen LogP contribution is 2.46. The molecule has 9 aromatic rings. The molecule has 0 fully saturated rings. The van der Waals surface area contributed by atoms with Gasteiger partial charge in [-0.25, -0.2) is 0 Å². The van der Waals surface area contributed by atoms with Crippen molar-refractivity contribution >= 4 is 43.9 Å². The van der Waals surface area contributed by atoms with Crippen LogP contribution in [0.25, 0.3) is 88.4 Å². The van der Waals surface area contributed by atoms with E-state index in [1.807, 2.05) is 66.7 Å². The Bertz CT molecular complexity index is 2520. The quantitative estimate of drug-likeness (QED) is 0.206. The first kappa shape index (κ1) is 26.1. The lowest BCUT2D eigenvalue weighted by Crippen LogP contribution is -1.94. The van der Waals surface area contributed by atoms with E-state index in [2.05, 4.69) is 91.0 Å². The SMILES string of the molecule is N#Cc1ccccc1-c1cc(-c2ccc3oc4ccccc4c3c2)c(-c2ccccc2)c(-c2ccc3oc4ccccc4c3c2)c1. The third-order valence-electron chi connectivity index (χ3n) is 8.93. The van der Waals surface area contributed by atoms with Gasteiger partial charge in [0.1, 0.15) is 22.3 Å².